The van der Waals surface area contributed by atoms with Gasteiger partial charge in [-0.05, 0) is 35.8 Å². The van der Waals surface area contributed by atoms with Crippen molar-refractivity contribution >= 4 is 0 Å². The maximum Gasteiger partial charge on any atom is 0.0319 e. The largest absolute Gasteiger partial charge is 0.0625 e. The highest BCUT2D eigenvalue weighted by molar-refractivity contribution is 5.24. The first-order valence-electron chi connectivity index (χ1n) is 6.43. The quantitative estimate of drug-likeness (QED) is 0.674. The molecule has 0 atom stereocenters. The molecule has 0 amide bonds. The van der Waals surface area contributed by atoms with E-state index in [1.807, 2.05) is 32.0 Å². The smallest absolute Gasteiger partial charge is 0.0319 e. The Morgan fingerprint density at radius 2 is 1.71 bits per heavy atom. The highest BCUT2D eigenvalue weighted by Crippen LogP contribution is 2.13. The van der Waals surface area contributed by atoms with Crippen LogP contribution in [0.15, 0.2) is 24.3 Å². The maximum absolute atomic E-state index is 8.07. The van der Waals surface area contributed by atoms with Gasteiger partial charge in [0.2, 0.25) is 0 Å². The van der Waals surface area contributed by atoms with Crippen LogP contribution in [0.1, 0.15) is 41.6 Å². The lowest BCUT2D eigenvalue weighted by molar-refractivity contribution is 0.636. The van der Waals surface area contributed by atoms with Crippen LogP contribution in [0.5, 0.6) is 0 Å². The predicted molar refractivity (Wildman–Crippen MR) is 63.5 cm³/mol. The van der Waals surface area contributed by atoms with Gasteiger partial charge in [0, 0.05) is 2.74 Å². The van der Waals surface area contributed by atoms with Crippen molar-refractivity contribution in [3.63, 3.8) is 0 Å². The summed E-state index contributed by atoms with van der Waals surface area (Å²) in [6.07, 6.45) is -0.213. The molecule has 0 aromatic heterocycles. The fraction of sp³-hybridized carbons (Fsp3) is 0.571. The summed E-state index contributed by atoms with van der Waals surface area (Å²) >= 11 is 0. The lowest BCUT2D eigenvalue weighted by atomic mass is 9.97. The molecule has 0 aliphatic carbocycles. The number of hydrogen-bond donors (Lipinski definition) is 0. The van der Waals surface area contributed by atoms with Crippen molar-refractivity contribution in [3.8, 4) is 0 Å². The Kier molecular flexibility index (Phi) is 3.16. The molecule has 14 heavy (non-hydrogen) atoms. The van der Waals surface area contributed by atoms with Gasteiger partial charge in [0.15, 0.2) is 0 Å². The van der Waals surface area contributed by atoms with Crippen LogP contribution >= 0.6 is 0 Å². The highest BCUT2D eigenvalue weighted by Gasteiger charge is 2.01. The fourth-order valence-electron chi connectivity index (χ4n) is 1.59. The van der Waals surface area contributed by atoms with Gasteiger partial charge in [-0.15, -0.1) is 0 Å². The van der Waals surface area contributed by atoms with E-state index in [0.29, 0.717) is 5.92 Å². The van der Waals surface area contributed by atoms with E-state index in [2.05, 4.69) is 19.9 Å². The molecule has 0 radical (unpaired) electrons. The molecule has 0 aliphatic heterocycles. The van der Waals surface area contributed by atoms with Gasteiger partial charge in [0.05, 0.1) is 0 Å². The molecule has 0 fully saturated rings. The first-order valence-corrected chi connectivity index (χ1v) is 5.43. The summed E-state index contributed by atoms with van der Waals surface area (Å²) in [4.78, 5) is 0. The Morgan fingerprint density at radius 3 is 2.29 bits per heavy atom. The summed E-state index contributed by atoms with van der Waals surface area (Å²) < 4.78 is 16.1. The highest BCUT2D eigenvalue weighted by atomic mass is 14.1. The first kappa shape index (κ1) is 8.52. The summed E-state index contributed by atoms with van der Waals surface area (Å²) in [6.45, 7) is 8.22. The van der Waals surface area contributed by atoms with E-state index in [-0.39, 0.29) is 5.92 Å². The van der Waals surface area contributed by atoms with Crippen molar-refractivity contribution in [2.45, 2.75) is 40.5 Å². The van der Waals surface area contributed by atoms with E-state index < -0.39 is 6.37 Å². The van der Waals surface area contributed by atoms with E-state index in [4.69, 9.17) is 2.74 Å². The van der Waals surface area contributed by atoms with E-state index in [1.54, 1.807) is 0 Å². The topological polar surface area (TPSA) is 0 Å². The summed E-state index contributed by atoms with van der Waals surface area (Å²) in [7, 11) is 0. The van der Waals surface area contributed by atoms with Crippen molar-refractivity contribution in [1.82, 2.24) is 0 Å². The Labute approximate surface area is 91.2 Å². The van der Waals surface area contributed by atoms with Gasteiger partial charge in [-0.25, -0.2) is 0 Å². The molecule has 0 heteroatoms. The van der Waals surface area contributed by atoms with Gasteiger partial charge in [-0.1, -0.05) is 52.0 Å². The van der Waals surface area contributed by atoms with Crippen LogP contribution in [0, 0.1) is 11.8 Å². The SMILES string of the molecule is [2H]C([2H])(c1cccc(CC(C)C)c1)C(C)C. The summed E-state index contributed by atoms with van der Waals surface area (Å²) in [6, 6.07) is 7.96. The number of hydrogen-bond acceptors (Lipinski definition) is 0. The molecule has 0 bridgehead atoms. The van der Waals surface area contributed by atoms with Crippen LogP contribution in [-0.4, -0.2) is 0 Å². The second-order valence-electron chi connectivity index (χ2n) is 4.60. The zero-order valence-corrected chi connectivity index (χ0v) is 9.67. The molecule has 0 heterocycles. The predicted octanol–water partition coefficient (Wildman–Crippen LogP) is 4.08. The van der Waals surface area contributed by atoms with Crippen molar-refractivity contribution < 1.29 is 2.74 Å². The Bertz CT molecular complexity index is 340. The summed E-state index contributed by atoms with van der Waals surface area (Å²) in [5, 5.41) is 0. The molecule has 1 rings (SSSR count). The van der Waals surface area contributed by atoms with Crippen molar-refractivity contribution in [2.75, 3.05) is 0 Å². The lowest BCUT2D eigenvalue weighted by Crippen LogP contribution is -1.97. The molecule has 78 valence electrons. The third-order valence-corrected chi connectivity index (χ3v) is 2.03. The van der Waals surface area contributed by atoms with Gasteiger partial charge in [-0.2, -0.15) is 0 Å². The molecule has 0 nitrogen and oxygen atoms in total. The molecule has 1 aromatic carbocycles. The second kappa shape index (κ2) is 5.19. The molecular formula is C14H22. The molecule has 0 saturated heterocycles. The molecule has 0 unspecified atom stereocenters. The average molecular weight is 192 g/mol. The third-order valence-electron chi connectivity index (χ3n) is 2.03. The van der Waals surface area contributed by atoms with Crippen LogP contribution in [0.4, 0.5) is 0 Å². The van der Waals surface area contributed by atoms with Gasteiger partial charge >= 0.3 is 0 Å². The maximum atomic E-state index is 8.07. The van der Waals surface area contributed by atoms with Gasteiger partial charge in [0.25, 0.3) is 0 Å². The molecular weight excluding hydrogens is 168 g/mol. The summed E-state index contributed by atoms with van der Waals surface area (Å²) in [5.41, 5.74) is 2.04. The van der Waals surface area contributed by atoms with E-state index >= 15 is 0 Å². The van der Waals surface area contributed by atoms with Crippen LogP contribution in [0.25, 0.3) is 0 Å². The van der Waals surface area contributed by atoms with Gasteiger partial charge in [-0.3, -0.25) is 0 Å². The van der Waals surface area contributed by atoms with Crippen LogP contribution in [-0.2, 0) is 12.8 Å². The third kappa shape index (κ3) is 3.95. The standard InChI is InChI=1S/C14H22/c1-11(2)8-13-6-5-7-14(10-13)9-12(3)4/h5-7,10-12H,8-9H2,1-4H3/i8D2. The molecule has 0 N–H and O–H groups in total. The minimum absolute atomic E-state index is 0.00167. The van der Waals surface area contributed by atoms with Crippen LogP contribution in [0.3, 0.4) is 0 Å². The summed E-state index contributed by atoms with van der Waals surface area (Å²) in [5.74, 6) is 0.613. The zero-order valence-electron chi connectivity index (χ0n) is 11.7. The zero-order chi connectivity index (χ0) is 12.3. The molecule has 0 spiro atoms. The first-order chi connectivity index (χ1) is 7.34. The minimum Gasteiger partial charge on any atom is -0.0625 e. The van der Waals surface area contributed by atoms with Gasteiger partial charge in [0.1, 0.15) is 0 Å². The fourth-order valence-corrected chi connectivity index (χ4v) is 1.59. The Morgan fingerprint density at radius 1 is 1.07 bits per heavy atom. The lowest BCUT2D eigenvalue weighted by Gasteiger charge is -2.09. The number of rotatable bonds is 4. The second-order valence-corrected chi connectivity index (χ2v) is 4.60. The van der Waals surface area contributed by atoms with E-state index in [9.17, 15) is 0 Å². The van der Waals surface area contributed by atoms with E-state index in [1.165, 1.54) is 5.56 Å². The average Bonchev–Trinajstić information content (AvgIpc) is 2.16. The minimum atomic E-state index is -1.23. The van der Waals surface area contributed by atoms with Crippen LogP contribution < -0.4 is 0 Å². The Balaban J connectivity index is 2.98. The number of benzene rings is 1. The molecule has 0 saturated carbocycles. The molecule has 1 aromatic rings. The molecule has 0 aliphatic rings. The van der Waals surface area contributed by atoms with Crippen molar-refractivity contribution in [3.05, 3.63) is 35.4 Å². The van der Waals surface area contributed by atoms with Crippen molar-refractivity contribution in [1.29, 1.82) is 0 Å². The normalized spacial score (nSPS) is 14.4. The van der Waals surface area contributed by atoms with Crippen molar-refractivity contribution in [2.24, 2.45) is 11.8 Å². The van der Waals surface area contributed by atoms with Gasteiger partial charge < -0.3 is 0 Å². The van der Waals surface area contributed by atoms with Crippen LogP contribution in [0.2, 0.25) is 0 Å². The Hall–Kier alpha value is -0.780. The van der Waals surface area contributed by atoms with E-state index in [0.717, 1.165) is 12.0 Å². The monoisotopic (exact) mass is 192 g/mol.